The molecular weight excluding hydrogens is 262 g/mol. The first-order chi connectivity index (χ1) is 8.99. The van der Waals surface area contributed by atoms with Crippen molar-refractivity contribution in [2.45, 2.75) is 26.8 Å². The number of carboxylic acid groups (broad SMARTS) is 1. The molecule has 100 valence electrons. The largest absolute Gasteiger partial charge is 0.481 e. The van der Waals surface area contributed by atoms with Gasteiger partial charge in [-0.25, -0.2) is 0 Å². The summed E-state index contributed by atoms with van der Waals surface area (Å²) in [7, 11) is 0. The molecule has 0 amide bonds. The molecule has 0 unspecified atom stereocenters. The van der Waals surface area contributed by atoms with Gasteiger partial charge in [0.25, 0.3) is 0 Å². The maximum atomic E-state index is 11.9. The highest BCUT2D eigenvalue weighted by atomic mass is 32.1. The number of aromatic nitrogens is 1. The van der Waals surface area contributed by atoms with Gasteiger partial charge in [-0.15, -0.1) is 0 Å². The second-order valence-corrected chi connectivity index (χ2v) is 5.60. The van der Waals surface area contributed by atoms with E-state index in [0.29, 0.717) is 0 Å². The number of nitrogens with zero attached hydrogens (tertiary/aromatic N) is 1. The summed E-state index contributed by atoms with van der Waals surface area (Å²) >= 11 is 1.16. The lowest BCUT2D eigenvalue weighted by molar-refractivity contribution is -0.137. The Morgan fingerprint density at radius 3 is 2.47 bits per heavy atom. The van der Waals surface area contributed by atoms with Crippen LogP contribution in [0.1, 0.15) is 16.9 Å². The fourth-order valence-electron chi connectivity index (χ4n) is 2.00. The van der Waals surface area contributed by atoms with Crippen LogP contribution in [-0.4, -0.2) is 15.6 Å². The molecule has 4 nitrogen and oxygen atoms in total. The van der Waals surface area contributed by atoms with Crippen LogP contribution in [0, 0.1) is 13.8 Å². The van der Waals surface area contributed by atoms with Crippen LogP contribution in [0.5, 0.6) is 0 Å². The number of carboxylic acids is 1. The Balaban J connectivity index is 2.47. The van der Waals surface area contributed by atoms with Crippen molar-refractivity contribution in [1.82, 2.24) is 4.57 Å². The fraction of sp³-hybridized carbons (Fsp3) is 0.286. The summed E-state index contributed by atoms with van der Waals surface area (Å²) in [5, 5.41) is 8.76. The first-order valence-electron chi connectivity index (χ1n) is 5.98. The second kappa shape index (κ2) is 5.40. The monoisotopic (exact) mass is 277 g/mol. The molecule has 5 heteroatoms. The van der Waals surface area contributed by atoms with E-state index in [4.69, 9.17) is 5.11 Å². The van der Waals surface area contributed by atoms with Crippen molar-refractivity contribution in [3.63, 3.8) is 0 Å². The van der Waals surface area contributed by atoms with Crippen LogP contribution < -0.4 is 4.87 Å². The van der Waals surface area contributed by atoms with Gasteiger partial charge in [-0.3, -0.25) is 14.2 Å². The molecule has 2 rings (SSSR count). The van der Waals surface area contributed by atoms with E-state index in [1.54, 1.807) is 4.57 Å². The number of aliphatic carboxylic acids is 1. The quantitative estimate of drug-likeness (QED) is 0.934. The van der Waals surface area contributed by atoms with Gasteiger partial charge in [0.1, 0.15) is 0 Å². The predicted molar refractivity (Wildman–Crippen MR) is 75.7 cm³/mol. The van der Waals surface area contributed by atoms with E-state index in [1.165, 1.54) is 0 Å². The maximum absolute atomic E-state index is 11.9. The van der Waals surface area contributed by atoms with Crippen LogP contribution in [0.3, 0.4) is 0 Å². The molecule has 2 aromatic rings. The van der Waals surface area contributed by atoms with Crippen molar-refractivity contribution in [2.75, 3.05) is 0 Å². The van der Waals surface area contributed by atoms with Crippen molar-refractivity contribution >= 4 is 17.3 Å². The zero-order valence-electron chi connectivity index (χ0n) is 10.8. The van der Waals surface area contributed by atoms with Crippen LogP contribution in [0.15, 0.2) is 29.1 Å². The van der Waals surface area contributed by atoms with Crippen molar-refractivity contribution in [1.29, 1.82) is 0 Å². The SMILES string of the molecule is Cc1ccc(-c2c(C)sc(=O)n2CCC(=O)O)cc1. The third-order valence-corrected chi connectivity index (χ3v) is 3.83. The molecule has 1 aromatic carbocycles. The average molecular weight is 277 g/mol. The molecular formula is C14H15NO3S. The highest BCUT2D eigenvalue weighted by Crippen LogP contribution is 2.25. The molecule has 0 saturated carbocycles. The summed E-state index contributed by atoms with van der Waals surface area (Å²) in [5.74, 6) is -0.898. The van der Waals surface area contributed by atoms with Gasteiger partial charge >= 0.3 is 10.8 Å². The molecule has 0 aliphatic rings. The van der Waals surface area contributed by atoms with Crippen molar-refractivity contribution in [3.8, 4) is 11.3 Å². The minimum Gasteiger partial charge on any atom is -0.481 e. The normalized spacial score (nSPS) is 10.6. The Bertz CT molecular complexity index is 652. The lowest BCUT2D eigenvalue weighted by Gasteiger charge is -2.08. The first-order valence-corrected chi connectivity index (χ1v) is 6.79. The van der Waals surface area contributed by atoms with Gasteiger partial charge in [0.15, 0.2) is 0 Å². The van der Waals surface area contributed by atoms with Crippen molar-refractivity contribution < 1.29 is 9.90 Å². The topological polar surface area (TPSA) is 59.3 Å². The highest BCUT2D eigenvalue weighted by Gasteiger charge is 2.14. The number of benzene rings is 1. The van der Waals surface area contributed by atoms with E-state index >= 15 is 0 Å². The minimum atomic E-state index is -0.898. The zero-order valence-corrected chi connectivity index (χ0v) is 11.7. The summed E-state index contributed by atoms with van der Waals surface area (Å²) in [6.45, 7) is 4.10. The van der Waals surface area contributed by atoms with Crippen LogP contribution in [0.2, 0.25) is 0 Å². The van der Waals surface area contributed by atoms with Crippen molar-refractivity contribution in [2.24, 2.45) is 0 Å². The van der Waals surface area contributed by atoms with E-state index in [2.05, 4.69) is 0 Å². The minimum absolute atomic E-state index is 0.0467. The molecule has 0 atom stereocenters. The third kappa shape index (κ3) is 2.93. The standard InChI is InChI=1S/C14H15NO3S/c1-9-3-5-11(6-4-9)13-10(2)19-14(18)15(13)8-7-12(16)17/h3-6H,7-8H2,1-2H3,(H,16,17). The Morgan fingerprint density at radius 2 is 1.89 bits per heavy atom. The van der Waals surface area contributed by atoms with Gasteiger partial charge in [-0.05, 0) is 19.4 Å². The number of aryl methyl sites for hydroxylation is 2. The van der Waals surface area contributed by atoms with Gasteiger partial charge in [-0.2, -0.15) is 0 Å². The molecule has 0 fully saturated rings. The van der Waals surface area contributed by atoms with Gasteiger partial charge in [-0.1, -0.05) is 41.2 Å². The summed E-state index contributed by atoms with van der Waals surface area (Å²) in [4.78, 5) is 23.4. The van der Waals surface area contributed by atoms with Gasteiger partial charge in [0.05, 0.1) is 12.1 Å². The maximum Gasteiger partial charge on any atom is 0.307 e. The number of rotatable bonds is 4. The predicted octanol–water partition coefficient (Wildman–Crippen LogP) is 2.67. The summed E-state index contributed by atoms with van der Waals surface area (Å²) in [5.41, 5.74) is 2.93. The molecule has 0 bridgehead atoms. The van der Waals surface area contributed by atoms with Gasteiger partial charge in [0.2, 0.25) is 0 Å². The third-order valence-electron chi connectivity index (χ3n) is 2.94. The Morgan fingerprint density at radius 1 is 1.26 bits per heavy atom. The van der Waals surface area contributed by atoms with Crippen LogP contribution >= 0.6 is 11.3 Å². The number of hydrogen-bond acceptors (Lipinski definition) is 3. The van der Waals surface area contributed by atoms with E-state index < -0.39 is 5.97 Å². The van der Waals surface area contributed by atoms with Crippen LogP contribution in [-0.2, 0) is 11.3 Å². The van der Waals surface area contributed by atoms with E-state index in [-0.39, 0.29) is 17.8 Å². The van der Waals surface area contributed by atoms with Crippen molar-refractivity contribution in [3.05, 3.63) is 44.4 Å². The van der Waals surface area contributed by atoms with Crippen LogP contribution in [0.4, 0.5) is 0 Å². The summed E-state index contributed by atoms with van der Waals surface area (Å²) in [6.07, 6.45) is -0.0467. The molecule has 19 heavy (non-hydrogen) atoms. The molecule has 1 heterocycles. The summed E-state index contributed by atoms with van der Waals surface area (Å²) in [6, 6.07) is 7.89. The van der Waals surface area contributed by atoms with Gasteiger partial charge < -0.3 is 5.11 Å². The Hall–Kier alpha value is -1.88. The van der Waals surface area contributed by atoms with E-state index in [9.17, 15) is 9.59 Å². The van der Waals surface area contributed by atoms with E-state index in [0.717, 1.165) is 33.0 Å². The molecule has 1 N–H and O–H groups in total. The fourth-order valence-corrected chi connectivity index (χ4v) is 2.88. The molecule has 0 aliphatic heterocycles. The molecule has 0 saturated heterocycles. The lowest BCUT2D eigenvalue weighted by Crippen LogP contribution is -2.16. The molecule has 1 aromatic heterocycles. The second-order valence-electron chi connectivity index (χ2n) is 4.43. The van der Waals surface area contributed by atoms with Gasteiger partial charge in [0, 0.05) is 11.4 Å². The highest BCUT2D eigenvalue weighted by molar-refractivity contribution is 7.09. The number of carbonyl (C=O) groups is 1. The Kier molecular flexibility index (Phi) is 3.85. The zero-order chi connectivity index (χ0) is 14.0. The lowest BCUT2D eigenvalue weighted by atomic mass is 10.1. The molecule has 0 radical (unpaired) electrons. The van der Waals surface area contributed by atoms with Crippen LogP contribution in [0.25, 0.3) is 11.3 Å². The Labute approximate surface area is 115 Å². The smallest absolute Gasteiger partial charge is 0.307 e. The summed E-state index contributed by atoms with van der Waals surface area (Å²) < 4.78 is 1.55. The molecule has 0 aliphatic carbocycles. The number of hydrogen-bond donors (Lipinski definition) is 1. The average Bonchev–Trinajstić information content (AvgIpc) is 2.62. The number of thiazole rings is 1. The van der Waals surface area contributed by atoms with E-state index in [1.807, 2.05) is 38.1 Å². The molecule has 0 spiro atoms. The first kappa shape index (κ1) is 13.5.